The van der Waals surface area contributed by atoms with Crippen LogP contribution < -0.4 is 21.0 Å². The number of rotatable bonds is 7. The van der Waals surface area contributed by atoms with Crippen molar-refractivity contribution in [2.75, 3.05) is 24.5 Å². The fraction of sp³-hybridized carbons (Fsp3) is 0.385. The first-order chi connectivity index (χ1) is 16.4. The summed E-state index contributed by atoms with van der Waals surface area (Å²) < 4.78 is 0. The molecule has 1 aliphatic heterocycles. The van der Waals surface area contributed by atoms with Crippen LogP contribution in [0.2, 0.25) is 0 Å². The number of aliphatic hydroxyl groups is 1. The lowest BCUT2D eigenvalue weighted by Gasteiger charge is -2.33. The number of hydroxylamine groups is 1. The van der Waals surface area contributed by atoms with Gasteiger partial charge < -0.3 is 15.7 Å². The monoisotopic (exact) mass is 464 g/mol. The molecule has 1 aliphatic rings. The Bertz CT molecular complexity index is 1020. The van der Waals surface area contributed by atoms with E-state index in [1.54, 1.807) is 29.7 Å². The fourth-order valence-corrected chi connectivity index (χ4v) is 3.91. The van der Waals surface area contributed by atoms with Gasteiger partial charge in [-0.2, -0.15) is 0 Å². The lowest BCUT2D eigenvalue weighted by Crippen LogP contribution is -2.57. The van der Waals surface area contributed by atoms with Gasteiger partial charge in [-0.3, -0.25) is 19.7 Å². The second-order valence-electron chi connectivity index (χ2n) is 8.49. The Kier molecular flexibility index (Phi) is 9.19. The molecule has 0 radical (unpaired) electrons. The summed E-state index contributed by atoms with van der Waals surface area (Å²) >= 11 is 0. The minimum absolute atomic E-state index is 0.00156. The molecule has 0 unspecified atom stereocenters. The molecule has 0 spiro atoms. The second kappa shape index (κ2) is 12.3. The topological polar surface area (TPSA) is 114 Å². The number of hydrogen-bond donors (Lipinski definition) is 5. The molecule has 2 atom stereocenters. The Morgan fingerprint density at radius 1 is 1.06 bits per heavy atom. The zero-order valence-electron chi connectivity index (χ0n) is 19.5. The van der Waals surface area contributed by atoms with Crippen molar-refractivity contribution in [1.82, 2.24) is 16.1 Å². The molecule has 5 N–H and O–H groups in total. The van der Waals surface area contributed by atoms with Gasteiger partial charge in [0.2, 0.25) is 5.91 Å². The number of carbonyl (C=O) groups excluding carboxylic acids is 2. The highest BCUT2D eigenvalue weighted by Gasteiger charge is 2.35. The van der Waals surface area contributed by atoms with E-state index in [4.69, 9.17) is 0 Å². The number of hydrogen-bond acceptors (Lipinski definition) is 6. The van der Waals surface area contributed by atoms with Gasteiger partial charge in [0, 0.05) is 22.9 Å². The molecule has 1 heterocycles. The summed E-state index contributed by atoms with van der Waals surface area (Å²) in [5.74, 6) is 4.94. The molecule has 0 bridgehead atoms. The number of nitrogens with zero attached hydrogens (tertiary/aromatic N) is 1. The molecule has 180 valence electrons. The van der Waals surface area contributed by atoms with Crippen LogP contribution in [0.1, 0.15) is 36.5 Å². The zero-order chi connectivity index (χ0) is 24.5. The minimum Gasteiger partial charge on any atom is -0.391 e. The van der Waals surface area contributed by atoms with E-state index in [1.165, 1.54) is 11.8 Å². The first-order valence-corrected chi connectivity index (χ1v) is 11.5. The Balaban J connectivity index is 1.82. The molecule has 34 heavy (non-hydrogen) atoms. The lowest BCUT2D eigenvalue weighted by atomic mass is 10.1. The molecule has 0 aliphatic carbocycles. The minimum atomic E-state index is -1.29. The number of amides is 2. The number of aryl methyl sites for hydroxylation is 1. The Hall–Kier alpha value is -3.22. The lowest BCUT2D eigenvalue weighted by molar-refractivity contribution is -0.135. The van der Waals surface area contributed by atoms with Crippen molar-refractivity contribution in [1.29, 1.82) is 0 Å². The SMILES string of the molecule is Cc1ccc(C#Cc2ccc(N(C(=O)CNC3CCNCC3)[C@H](C(=O)NO)[C@@H](C)O)cc2)cc1. The third kappa shape index (κ3) is 6.89. The molecule has 2 aromatic rings. The average molecular weight is 465 g/mol. The van der Waals surface area contributed by atoms with Crippen molar-refractivity contribution in [3.8, 4) is 11.8 Å². The number of carbonyl (C=O) groups is 2. The first kappa shape index (κ1) is 25.4. The molecular formula is C26H32N4O4. The van der Waals surface area contributed by atoms with Gasteiger partial charge in [0.05, 0.1) is 12.6 Å². The highest BCUT2D eigenvalue weighted by Crippen LogP contribution is 2.21. The fourth-order valence-electron chi connectivity index (χ4n) is 3.91. The largest absolute Gasteiger partial charge is 0.391 e. The van der Waals surface area contributed by atoms with Gasteiger partial charge in [0.1, 0.15) is 6.04 Å². The van der Waals surface area contributed by atoms with E-state index in [-0.39, 0.29) is 18.5 Å². The standard InChI is InChI=1S/C26H32N4O4/c1-18-3-5-20(6-4-18)7-8-21-9-11-23(12-10-21)30(25(19(2)31)26(33)29-34)24(32)17-28-22-13-15-27-16-14-22/h3-6,9-12,19,22,25,27-28,31,34H,13-17H2,1-2H3,(H,29,33)/t19-,25+/m1/s1. The van der Waals surface area contributed by atoms with Gasteiger partial charge in [-0.25, -0.2) is 5.48 Å². The third-order valence-corrected chi connectivity index (χ3v) is 5.81. The summed E-state index contributed by atoms with van der Waals surface area (Å²) in [6.45, 7) is 5.18. The molecular weight excluding hydrogens is 432 g/mol. The van der Waals surface area contributed by atoms with E-state index in [0.717, 1.165) is 42.6 Å². The van der Waals surface area contributed by atoms with Gasteiger partial charge in [-0.05, 0) is 76.2 Å². The van der Waals surface area contributed by atoms with Gasteiger partial charge in [-0.1, -0.05) is 29.5 Å². The Morgan fingerprint density at radius 2 is 1.62 bits per heavy atom. The third-order valence-electron chi connectivity index (χ3n) is 5.81. The zero-order valence-corrected chi connectivity index (χ0v) is 19.5. The second-order valence-corrected chi connectivity index (χ2v) is 8.49. The van der Waals surface area contributed by atoms with Crippen molar-refractivity contribution >= 4 is 17.5 Å². The van der Waals surface area contributed by atoms with Crippen molar-refractivity contribution in [3.63, 3.8) is 0 Å². The molecule has 0 saturated carbocycles. The van der Waals surface area contributed by atoms with E-state index in [0.29, 0.717) is 5.69 Å². The quantitative estimate of drug-likeness (QED) is 0.240. The maximum absolute atomic E-state index is 13.2. The van der Waals surface area contributed by atoms with Gasteiger partial charge in [0.15, 0.2) is 0 Å². The van der Waals surface area contributed by atoms with E-state index in [1.807, 2.05) is 31.2 Å². The number of nitrogens with one attached hydrogen (secondary N) is 3. The van der Waals surface area contributed by atoms with Crippen LogP contribution in [0, 0.1) is 18.8 Å². The van der Waals surface area contributed by atoms with Crippen LogP contribution in [0.3, 0.4) is 0 Å². The van der Waals surface area contributed by atoms with Crippen molar-refractivity contribution < 1.29 is 19.9 Å². The van der Waals surface area contributed by atoms with Crippen LogP contribution in [0.4, 0.5) is 5.69 Å². The summed E-state index contributed by atoms with van der Waals surface area (Å²) in [4.78, 5) is 26.8. The highest BCUT2D eigenvalue weighted by atomic mass is 16.5. The molecule has 8 heteroatoms. The maximum Gasteiger partial charge on any atom is 0.269 e. The Labute approximate surface area is 200 Å². The van der Waals surface area contributed by atoms with Crippen LogP contribution >= 0.6 is 0 Å². The van der Waals surface area contributed by atoms with Crippen LogP contribution in [0.5, 0.6) is 0 Å². The smallest absolute Gasteiger partial charge is 0.269 e. The van der Waals surface area contributed by atoms with Crippen LogP contribution in [-0.2, 0) is 9.59 Å². The van der Waals surface area contributed by atoms with Crippen molar-refractivity contribution in [2.45, 2.75) is 44.9 Å². The van der Waals surface area contributed by atoms with E-state index >= 15 is 0 Å². The van der Waals surface area contributed by atoms with Crippen LogP contribution in [-0.4, -0.2) is 60.0 Å². The molecule has 3 rings (SSSR count). The van der Waals surface area contributed by atoms with E-state index in [2.05, 4.69) is 22.5 Å². The molecule has 8 nitrogen and oxygen atoms in total. The average Bonchev–Trinajstić information content (AvgIpc) is 2.86. The molecule has 1 saturated heterocycles. The Morgan fingerprint density at radius 3 is 2.15 bits per heavy atom. The van der Waals surface area contributed by atoms with Crippen molar-refractivity contribution in [2.24, 2.45) is 0 Å². The summed E-state index contributed by atoms with van der Waals surface area (Å²) in [5, 5.41) is 26.0. The molecule has 0 aromatic heterocycles. The number of piperidine rings is 1. The van der Waals surface area contributed by atoms with Crippen LogP contribution in [0.25, 0.3) is 0 Å². The number of benzene rings is 2. The van der Waals surface area contributed by atoms with Gasteiger partial charge >= 0.3 is 0 Å². The molecule has 2 aromatic carbocycles. The number of aliphatic hydroxyl groups excluding tert-OH is 1. The summed E-state index contributed by atoms with van der Waals surface area (Å²) in [6, 6.07) is 13.7. The summed E-state index contributed by atoms with van der Waals surface area (Å²) in [5.41, 5.74) is 4.78. The molecule has 2 amide bonds. The maximum atomic E-state index is 13.2. The summed E-state index contributed by atoms with van der Waals surface area (Å²) in [6.07, 6.45) is 0.591. The molecule has 1 fully saturated rings. The normalized spacial score (nSPS) is 15.5. The van der Waals surface area contributed by atoms with Crippen molar-refractivity contribution in [3.05, 3.63) is 65.2 Å². The van der Waals surface area contributed by atoms with Gasteiger partial charge in [-0.15, -0.1) is 0 Å². The highest BCUT2D eigenvalue weighted by molar-refractivity contribution is 6.01. The van der Waals surface area contributed by atoms with Gasteiger partial charge in [0.25, 0.3) is 5.91 Å². The van der Waals surface area contributed by atoms with Crippen LogP contribution in [0.15, 0.2) is 48.5 Å². The predicted molar refractivity (Wildman–Crippen MR) is 130 cm³/mol. The van der Waals surface area contributed by atoms with E-state index < -0.39 is 18.1 Å². The number of anilines is 1. The first-order valence-electron chi connectivity index (χ1n) is 11.5. The van der Waals surface area contributed by atoms with E-state index in [9.17, 15) is 19.9 Å². The predicted octanol–water partition coefficient (Wildman–Crippen LogP) is 1.32. The summed E-state index contributed by atoms with van der Waals surface area (Å²) in [7, 11) is 0.